The molecule has 2 atom stereocenters. The zero-order valence-corrected chi connectivity index (χ0v) is 23.3. The van der Waals surface area contributed by atoms with E-state index in [2.05, 4.69) is 10.6 Å². The molecule has 3 aromatic rings. The number of likely N-dealkylation sites (N-methyl/N-ethyl adjacent to an activating group) is 1. The van der Waals surface area contributed by atoms with Gasteiger partial charge in [0.25, 0.3) is 5.91 Å². The molecule has 0 bridgehead atoms. The number of carbonyl (C=O) groups is 3. The minimum absolute atomic E-state index is 0.0827. The van der Waals surface area contributed by atoms with Gasteiger partial charge in [-0.25, -0.2) is 4.79 Å². The van der Waals surface area contributed by atoms with Crippen LogP contribution in [0, 0.1) is 13.8 Å². The van der Waals surface area contributed by atoms with Crippen LogP contribution in [0.2, 0.25) is 0 Å². The molecule has 0 saturated carbocycles. The van der Waals surface area contributed by atoms with Gasteiger partial charge in [-0.3, -0.25) is 9.59 Å². The molecule has 0 fully saturated rings. The molecule has 0 aliphatic heterocycles. The minimum Gasteiger partial charge on any atom is -0.508 e. The van der Waals surface area contributed by atoms with E-state index in [9.17, 15) is 19.5 Å². The normalized spacial score (nSPS) is 12.7. The van der Waals surface area contributed by atoms with Crippen LogP contribution in [0.3, 0.4) is 0 Å². The Morgan fingerprint density at radius 2 is 1.56 bits per heavy atom. The van der Waals surface area contributed by atoms with Gasteiger partial charge in [0.2, 0.25) is 5.91 Å². The van der Waals surface area contributed by atoms with Crippen molar-refractivity contribution in [3.05, 3.63) is 95.1 Å². The van der Waals surface area contributed by atoms with Crippen LogP contribution in [0.5, 0.6) is 5.75 Å². The van der Waals surface area contributed by atoms with Gasteiger partial charge in [-0.15, -0.1) is 0 Å². The fourth-order valence-corrected chi connectivity index (χ4v) is 4.19. The van der Waals surface area contributed by atoms with Gasteiger partial charge in [-0.05, 0) is 75.1 Å². The third-order valence-electron chi connectivity index (χ3n) is 6.19. The molecular weight excluding hydrogens is 494 g/mol. The first-order valence-electron chi connectivity index (χ1n) is 12.8. The monoisotopic (exact) mass is 531 g/mol. The second-order valence-corrected chi connectivity index (χ2v) is 10.6. The number of benzene rings is 3. The van der Waals surface area contributed by atoms with Gasteiger partial charge in [0, 0.05) is 19.2 Å². The van der Waals surface area contributed by atoms with Crippen molar-refractivity contribution in [3.8, 4) is 5.75 Å². The van der Waals surface area contributed by atoms with Gasteiger partial charge in [-0.1, -0.05) is 54.6 Å². The molecule has 3 aromatic carbocycles. The second kappa shape index (κ2) is 12.5. The number of anilines is 1. The Morgan fingerprint density at radius 1 is 0.923 bits per heavy atom. The van der Waals surface area contributed by atoms with Crippen LogP contribution in [0.4, 0.5) is 10.5 Å². The maximum absolute atomic E-state index is 14.0. The molecule has 39 heavy (non-hydrogen) atoms. The number of ether oxygens (including phenoxy) is 1. The summed E-state index contributed by atoms with van der Waals surface area (Å²) in [5.41, 5.74) is 2.65. The lowest BCUT2D eigenvalue weighted by atomic mass is 9.99. The summed E-state index contributed by atoms with van der Waals surface area (Å²) >= 11 is 0. The van der Waals surface area contributed by atoms with Crippen molar-refractivity contribution in [3.63, 3.8) is 0 Å². The number of nitrogens with zero attached hydrogens (tertiary/aromatic N) is 1. The van der Waals surface area contributed by atoms with E-state index in [-0.39, 0.29) is 12.2 Å². The van der Waals surface area contributed by atoms with E-state index in [0.29, 0.717) is 16.8 Å². The van der Waals surface area contributed by atoms with Crippen LogP contribution >= 0.6 is 0 Å². The largest absolute Gasteiger partial charge is 0.508 e. The first kappa shape index (κ1) is 29.2. The molecule has 0 aromatic heterocycles. The highest BCUT2D eigenvalue weighted by molar-refractivity contribution is 5.99. The topological polar surface area (TPSA) is 108 Å². The summed E-state index contributed by atoms with van der Waals surface area (Å²) in [7, 11) is 1.53. The molecule has 206 valence electrons. The Bertz CT molecular complexity index is 1320. The van der Waals surface area contributed by atoms with Crippen LogP contribution in [0.25, 0.3) is 0 Å². The average Bonchev–Trinajstić information content (AvgIpc) is 2.86. The van der Waals surface area contributed by atoms with Crippen LogP contribution in [-0.4, -0.2) is 46.6 Å². The first-order valence-corrected chi connectivity index (χ1v) is 12.8. The summed E-state index contributed by atoms with van der Waals surface area (Å²) in [6.45, 7) is 8.83. The SMILES string of the molecule is Cc1cc(C(C(=O)Nc2ccccc2C)N(C)C(=O)C(Cc2ccccc2)NC(=O)OC(C)(C)C)ccc1O. The molecule has 0 heterocycles. The summed E-state index contributed by atoms with van der Waals surface area (Å²) in [6, 6.07) is 19.4. The van der Waals surface area contributed by atoms with E-state index in [4.69, 9.17) is 4.74 Å². The Balaban J connectivity index is 1.98. The Hall–Kier alpha value is -4.33. The van der Waals surface area contributed by atoms with Gasteiger partial charge in [-0.2, -0.15) is 0 Å². The van der Waals surface area contributed by atoms with Crippen LogP contribution in [0.15, 0.2) is 72.8 Å². The van der Waals surface area contributed by atoms with Crippen LogP contribution < -0.4 is 10.6 Å². The van der Waals surface area contributed by atoms with Gasteiger partial charge in [0.1, 0.15) is 23.4 Å². The van der Waals surface area contributed by atoms with Crippen molar-refractivity contribution in [1.29, 1.82) is 0 Å². The summed E-state index contributed by atoms with van der Waals surface area (Å²) in [6.07, 6.45) is -0.532. The number of nitrogens with one attached hydrogen (secondary N) is 2. The van der Waals surface area contributed by atoms with Gasteiger partial charge in [0.05, 0.1) is 0 Å². The lowest BCUT2D eigenvalue weighted by Gasteiger charge is -2.32. The standard InChI is InChI=1S/C31H37N3O5/c1-20-12-10-11-15-24(20)32-28(36)27(23-16-17-26(35)21(2)18-23)34(6)29(37)25(19-22-13-8-7-9-14-22)33-30(38)39-31(3,4)5/h7-18,25,27,35H,19H2,1-6H3,(H,32,36)(H,33,38). The number of phenols is 1. The number of phenolic OH excluding ortho intramolecular Hbond substituents is 1. The van der Waals surface area contributed by atoms with Crippen molar-refractivity contribution in [1.82, 2.24) is 10.2 Å². The van der Waals surface area contributed by atoms with Crippen molar-refractivity contribution in [2.24, 2.45) is 0 Å². The van der Waals surface area contributed by atoms with Crippen molar-refractivity contribution in [2.75, 3.05) is 12.4 Å². The average molecular weight is 532 g/mol. The van der Waals surface area contributed by atoms with Crippen molar-refractivity contribution >= 4 is 23.6 Å². The zero-order valence-electron chi connectivity index (χ0n) is 23.3. The Labute approximate surface area is 230 Å². The number of hydrogen-bond acceptors (Lipinski definition) is 5. The van der Waals surface area contributed by atoms with Crippen LogP contribution in [-0.2, 0) is 20.7 Å². The molecule has 3 amide bonds. The highest BCUT2D eigenvalue weighted by atomic mass is 16.6. The Kier molecular flexibility index (Phi) is 9.35. The minimum atomic E-state index is -1.05. The van der Waals surface area contributed by atoms with Gasteiger partial charge in [0.15, 0.2) is 0 Å². The number of carbonyl (C=O) groups excluding carboxylic acids is 3. The summed E-state index contributed by atoms with van der Waals surface area (Å²) in [5.74, 6) is -0.819. The fourth-order valence-electron chi connectivity index (χ4n) is 4.19. The molecule has 3 rings (SSSR count). The van der Waals surface area contributed by atoms with E-state index in [0.717, 1.165) is 11.1 Å². The number of amides is 3. The molecule has 8 heteroatoms. The lowest BCUT2D eigenvalue weighted by molar-refractivity contribution is -0.139. The Morgan fingerprint density at radius 3 is 2.18 bits per heavy atom. The quantitative estimate of drug-likeness (QED) is 0.366. The molecule has 0 saturated heterocycles. The second-order valence-electron chi connectivity index (χ2n) is 10.6. The third kappa shape index (κ3) is 8.07. The third-order valence-corrected chi connectivity index (χ3v) is 6.19. The predicted molar refractivity (Wildman–Crippen MR) is 151 cm³/mol. The van der Waals surface area contributed by atoms with Crippen LogP contribution in [0.1, 0.15) is 49.1 Å². The number of hydrogen-bond donors (Lipinski definition) is 3. The van der Waals surface area contributed by atoms with E-state index in [1.165, 1.54) is 18.0 Å². The first-order chi connectivity index (χ1) is 18.4. The van der Waals surface area contributed by atoms with Crippen molar-refractivity contribution < 1.29 is 24.2 Å². The number of para-hydroxylation sites is 1. The molecule has 8 nitrogen and oxygen atoms in total. The maximum Gasteiger partial charge on any atom is 0.408 e. The van der Waals surface area contributed by atoms with E-state index < -0.39 is 35.6 Å². The predicted octanol–water partition coefficient (Wildman–Crippen LogP) is 5.28. The summed E-state index contributed by atoms with van der Waals surface area (Å²) in [5, 5.41) is 15.7. The molecule has 2 unspecified atom stereocenters. The van der Waals surface area contributed by atoms with Gasteiger partial charge >= 0.3 is 6.09 Å². The van der Waals surface area contributed by atoms with Gasteiger partial charge < -0.3 is 25.4 Å². The number of aromatic hydroxyl groups is 1. The summed E-state index contributed by atoms with van der Waals surface area (Å²) in [4.78, 5) is 41.7. The van der Waals surface area contributed by atoms with E-state index >= 15 is 0 Å². The highest BCUT2D eigenvalue weighted by Crippen LogP contribution is 2.28. The number of rotatable bonds is 8. The summed E-state index contributed by atoms with van der Waals surface area (Å²) < 4.78 is 5.42. The molecule has 0 aliphatic rings. The molecule has 0 radical (unpaired) electrons. The van der Waals surface area contributed by atoms with E-state index in [1.807, 2.05) is 55.5 Å². The molecule has 3 N–H and O–H groups in total. The van der Waals surface area contributed by atoms with Crippen molar-refractivity contribution in [2.45, 2.75) is 58.7 Å². The van der Waals surface area contributed by atoms with E-state index in [1.54, 1.807) is 45.9 Å². The molecule has 0 aliphatic carbocycles. The lowest BCUT2D eigenvalue weighted by Crippen LogP contribution is -2.52. The fraction of sp³-hybridized carbons (Fsp3) is 0.323. The highest BCUT2D eigenvalue weighted by Gasteiger charge is 2.34. The number of aryl methyl sites for hydroxylation is 2. The molecule has 0 spiro atoms. The number of alkyl carbamates (subject to hydrolysis) is 1. The smallest absolute Gasteiger partial charge is 0.408 e. The maximum atomic E-state index is 14.0. The molecular formula is C31H37N3O5. The zero-order chi connectivity index (χ0) is 28.7.